The van der Waals surface area contributed by atoms with Crippen molar-refractivity contribution in [1.29, 1.82) is 0 Å². The number of carbonyl (C=O) groups is 1. The fourth-order valence-electron chi connectivity index (χ4n) is 0.186. The van der Waals surface area contributed by atoms with Crippen LogP contribution in [-0.4, -0.2) is 23.2 Å². The van der Waals surface area contributed by atoms with E-state index in [1.54, 1.807) is 0 Å². The summed E-state index contributed by atoms with van der Waals surface area (Å²) in [5.74, 6) is 0. The largest absolute Gasteiger partial charge is 0.499 e. The minimum Gasteiger partial charge on any atom is -0.499 e. The van der Waals surface area contributed by atoms with Gasteiger partial charge in [0.05, 0.1) is 0 Å². The first-order valence-electron chi connectivity index (χ1n) is 2.13. The molecule has 0 saturated carbocycles. The van der Waals surface area contributed by atoms with Crippen LogP contribution in [0.5, 0.6) is 0 Å². The van der Waals surface area contributed by atoms with E-state index >= 15 is 0 Å². The number of ether oxygens (including phenoxy) is 1. The maximum Gasteiger partial charge on any atom is 0.493 e. The summed E-state index contributed by atoms with van der Waals surface area (Å²) in [6.45, 7) is 3.57. The fraction of sp³-hybridized carbons (Fsp3) is 0.250. The van der Waals surface area contributed by atoms with Gasteiger partial charge in [-0.1, -0.05) is 12.7 Å². The Balaban J connectivity index is 3.11. The summed E-state index contributed by atoms with van der Waals surface area (Å²) in [4.78, 5) is 10.1. The predicted octanol–water partition coefficient (Wildman–Crippen LogP) is -0.394. The van der Waals surface area contributed by atoms with Gasteiger partial charge >= 0.3 is 6.16 Å². The summed E-state index contributed by atoms with van der Waals surface area (Å²) in [5.41, 5.74) is 0. The number of carbonyl (C=O) groups excluding carboxylic acids is 1. The molecule has 3 nitrogen and oxygen atoms in total. The molecule has 0 radical (unpaired) electrons. The minimum atomic E-state index is -0.614. The Morgan fingerprint density at radius 3 is 2.88 bits per heavy atom. The summed E-state index contributed by atoms with van der Waals surface area (Å²) in [7, 11) is 0.381. The van der Waals surface area contributed by atoms with Gasteiger partial charge in [-0.15, -0.1) is 0 Å². The quantitative estimate of drug-likeness (QED) is 0.291. The predicted molar refractivity (Wildman–Crippen MR) is 32.6 cm³/mol. The van der Waals surface area contributed by atoms with Crippen LogP contribution in [0, 0.1) is 0 Å². The lowest BCUT2D eigenvalue weighted by molar-refractivity contribution is 0.113. The second kappa shape index (κ2) is 4.39. The minimum absolute atomic E-state index is 0.223. The molecule has 0 amide bonds. The van der Waals surface area contributed by atoms with E-state index in [1.807, 2.05) is 0 Å². The summed E-state index contributed by atoms with van der Waals surface area (Å²) in [6, 6.07) is 0. The Morgan fingerprint density at radius 1 is 1.88 bits per heavy atom. The Kier molecular flexibility index (Phi) is 3.96. The SMILES string of the molecule is C=CCOC(=O)O[SiH3]. The highest BCUT2D eigenvalue weighted by atomic mass is 28.2. The molecular weight excluding hydrogens is 124 g/mol. The lowest BCUT2D eigenvalue weighted by Crippen LogP contribution is -2.03. The van der Waals surface area contributed by atoms with Crippen LogP contribution in [-0.2, 0) is 9.16 Å². The smallest absolute Gasteiger partial charge is 0.493 e. The van der Waals surface area contributed by atoms with Crippen molar-refractivity contribution in [3.8, 4) is 0 Å². The zero-order chi connectivity index (χ0) is 6.41. The number of hydrogen-bond acceptors (Lipinski definition) is 3. The van der Waals surface area contributed by atoms with Crippen molar-refractivity contribution in [2.24, 2.45) is 0 Å². The van der Waals surface area contributed by atoms with Crippen molar-refractivity contribution in [3.05, 3.63) is 12.7 Å². The molecule has 0 aliphatic heterocycles. The second-order valence-corrected chi connectivity index (χ2v) is 1.46. The van der Waals surface area contributed by atoms with Crippen molar-refractivity contribution in [2.75, 3.05) is 6.61 Å². The maximum atomic E-state index is 10.1. The van der Waals surface area contributed by atoms with Crippen molar-refractivity contribution in [3.63, 3.8) is 0 Å². The number of hydrogen-bond donors (Lipinski definition) is 0. The zero-order valence-electron chi connectivity index (χ0n) is 4.72. The van der Waals surface area contributed by atoms with Gasteiger partial charge in [-0.05, 0) is 0 Å². The second-order valence-electron chi connectivity index (χ2n) is 1.05. The Morgan fingerprint density at radius 2 is 2.50 bits per heavy atom. The first-order chi connectivity index (χ1) is 3.81. The van der Waals surface area contributed by atoms with Crippen molar-refractivity contribution >= 4 is 16.6 Å². The molecule has 0 N–H and O–H groups in total. The van der Waals surface area contributed by atoms with Crippen molar-refractivity contribution < 1.29 is 14.0 Å². The van der Waals surface area contributed by atoms with E-state index in [0.29, 0.717) is 10.5 Å². The van der Waals surface area contributed by atoms with Crippen LogP contribution >= 0.6 is 0 Å². The molecule has 0 aliphatic carbocycles. The molecule has 46 valence electrons. The molecule has 8 heavy (non-hydrogen) atoms. The van der Waals surface area contributed by atoms with Gasteiger partial charge in [0.25, 0.3) is 0 Å². The fourth-order valence-corrected chi connectivity index (χ4v) is 0.304. The molecule has 0 aromatic carbocycles. The van der Waals surface area contributed by atoms with Crippen LogP contribution in [0.25, 0.3) is 0 Å². The van der Waals surface area contributed by atoms with Crippen molar-refractivity contribution in [1.82, 2.24) is 0 Å². The van der Waals surface area contributed by atoms with Crippen LogP contribution in [0.3, 0.4) is 0 Å². The van der Waals surface area contributed by atoms with Gasteiger partial charge < -0.3 is 9.16 Å². The molecule has 0 aliphatic rings. The van der Waals surface area contributed by atoms with Gasteiger partial charge in [0.2, 0.25) is 10.5 Å². The molecule has 0 unspecified atom stereocenters. The normalized spacial score (nSPS) is 8.00. The Labute approximate surface area is 50.8 Å². The van der Waals surface area contributed by atoms with E-state index in [4.69, 9.17) is 0 Å². The topological polar surface area (TPSA) is 35.5 Å². The Bertz CT molecular complexity index is 91.3. The van der Waals surface area contributed by atoms with Crippen LogP contribution in [0.15, 0.2) is 12.7 Å². The van der Waals surface area contributed by atoms with Crippen LogP contribution in [0.1, 0.15) is 0 Å². The molecule has 4 heteroatoms. The summed E-state index contributed by atoms with van der Waals surface area (Å²) in [5, 5.41) is 0. The highest BCUT2D eigenvalue weighted by molar-refractivity contribution is 6.04. The molecule has 0 aromatic heterocycles. The van der Waals surface area contributed by atoms with Crippen LogP contribution < -0.4 is 0 Å². The monoisotopic (exact) mass is 132 g/mol. The third-order valence-corrected chi connectivity index (χ3v) is 0.819. The zero-order valence-corrected chi connectivity index (χ0v) is 6.72. The molecule has 0 spiro atoms. The van der Waals surface area contributed by atoms with Gasteiger partial charge in [-0.2, -0.15) is 0 Å². The van der Waals surface area contributed by atoms with E-state index in [0.717, 1.165) is 0 Å². The summed E-state index contributed by atoms with van der Waals surface area (Å²) >= 11 is 0. The van der Waals surface area contributed by atoms with E-state index in [1.165, 1.54) is 6.08 Å². The molecule has 0 fully saturated rings. The van der Waals surface area contributed by atoms with Crippen molar-refractivity contribution in [2.45, 2.75) is 0 Å². The molecule has 0 saturated heterocycles. The third kappa shape index (κ3) is 3.42. The standard InChI is InChI=1S/C4H8O3Si/c1-2-3-6-4(5)7-8/h2H,1,3H2,8H3. The van der Waals surface area contributed by atoms with E-state index in [9.17, 15) is 4.79 Å². The molecule has 0 aromatic rings. The van der Waals surface area contributed by atoms with E-state index in [-0.39, 0.29) is 6.61 Å². The highest BCUT2D eigenvalue weighted by Gasteiger charge is 1.93. The first kappa shape index (κ1) is 7.23. The lowest BCUT2D eigenvalue weighted by Gasteiger charge is -1.96. The average Bonchev–Trinajstić information content (AvgIpc) is 1.83. The third-order valence-electron chi connectivity index (χ3n) is 0.486. The average molecular weight is 132 g/mol. The molecule has 0 heterocycles. The van der Waals surface area contributed by atoms with Gasteiger partial charge in [0, 0.05) is 0 Å². The molecular formula is C4H8O3Si. The van der Waals surface area contributed by atoms with Crippen LogP contribution in [0.4, 0.5) is 4.79 Å². The number of rotatable bonds is 2. The Hall–Kier alpha value is -0.773. The highest BCUT2D eigenvalue weighted by Crippen LogP contribution is 1.79. The van der Waals surface area contributed by atoms with Gasteiger partial charge in [-0.25, -0.2) is 4.79 Å². The van der Waals surface area contributed by atoms with Crippen LogP contribution in [0.2, 0.25) is 0 Å². The lowest BCUT2D eigenvalue weighted by atomic mass is 10.7. The summed E-state index contributed by atoms with van der Waals surface area (Å²) in [6.07, 6.45) is 0.870. The van der Waals surface area contributed by atoms with E-state index in [2.05, 4.69) is 15.7 Å². The molecule has 0 rings (SSSR count). The van der Waals surface area contributed by atoms with Gasteiger partial charge in [-0.3, -0.25) is 0 Å². The first-order valence-corrected chi connectivity index (χ1v) is 2.94. The van der Waals surface area contributed by atoms with Gasteiger partial charge in [0.15, 0.2) is 0 Å². The summed E-state index contributed by atoms with van der Waals surface area (Å²) < 4.78 is 8.68. The van der Waals surface area contributed by atoms with E-state index < -0.39 is 6.16 Å². The van der Waals surface area contributed by atoms with Gasteiger partial charge in [0.1, 0.15) is 6.61 Å². The maximum absolute atomic E-state index is 10.1. The molecule has 0 atom stereocenters. The molecule has 0 bridgehead atoms.